The predicted molar refractivity (Wildman–Crippen MR) is 78.3 cm³/mol. The van der Waals surface area contributed by atoms with E-state index in [-0.39, 0.29) is 0 Å². The molecule has 3 nitrogen and oxygen atoms in total. The number of nitrogens with two attached hydrogens (primary N) is 1. The zero-order valence-electron chi connectivity index (χ0n) is 9.89. The van der Waals surface area contributed by atoms with E-state index in [1.54, 1.807) is 6.20 Å². The van der Waals surface area contributed by atoms with E-state index >= 15 is 0 Å². The molecule has 90 valence electrons. The van der Waals surface area contributed by atoms with Crippen molar-refractivity contribution in [3.8, 4) is 11.4 Å². The second-order valence-electron chi connectivity index (χ2n) is 4.27. The van der Waals surface area contributed by atoms with Crippen LogP contribution in [-0.4, -0.2) is 9.55 Å². The highest BCUT2D eigenvalue weighted by molar-refractivity contribution is 9.10. The fourth-order valence-electron chi connectivity index (χ4n) is 2.11. The molecular weight excluding hydrogens is 290 g/mol. The van der Waals surface area contributed by atoms with Crippen molar-refractivity contribution < 1.29 is 0 Å². The van der Waals surface area contributed by atoms with E-state index in [4.69, 9.17) is 5.73 Å². The Morgan fingerprint density at radius 1 is 1.17 bits per heavy atom. The molecular formula is C14H12BrN3. The molecule has 0 bridgehead atoms. The van der Waals surface area contributed by atoms with Crippen LogP contribution in [0.2, 0.25) is 0 Å². The molecule has 0 saturated carbocycles. The second kappa shape index (κ2) is 4.14. The van der Waals surface area contributed by atoms with Gasteiger partial charge in [-0.15, -0.1) is 0 Å². The fraction of sp³-hybridized carbons (Fsp3) is 0.0714. The molecule has 3 rings (SSSR count). The number of nitrogen functional groups attached to an aromatic ring is 1. The summed E-state index contributed by atoms with van der Waals surface area (Å²) in [5.41, 5.74) is 9.54. The van der Waals surface area contributed by atoms with Gasteiger partial charge in [-0.25, -0.2) is 0 Å². The summed E-state index contributed by atoms with van der Waals surface area (Å²) in [6, 6.07) is 12.2. The highest BCUT2D eigenvalue weighted by Gasteiger charge is 2.08. The predicted octanol–water partition coefficient (Wildman–Crippen LogP) is 3.59. The first kappa shape index (κ1) is 11.3. The fourth-order valence-corrected chi connectivity index (χ4v) is 2.45. The summed E-state index contributed by atoms with van der Waals surface area (Å²) in [5.74, 6) is 0. The average Bonchev–Trinajstić information content (AvgIpc) is 2.68. The van der Waals surface area contributed by atoms with Crippen molar-refractivity contribution in [3.63, 3.8) is 0 Å². The number of hydrogen-bond donors (Lipinski definition) is 1. The van der Waals surface area contributed by atoms with Crippen LogP contribution < -0.4 is 5.73 Å². The molecule has 2 N–H and O–H groups in total. The van der Waals surface area contributed by atoms with Gasteiger partial charge in [0, 0.05) is 22.4 Å². The third-order valence-corrected chi connectivity index (χ3v) is 3.55. The number of rotatable bonds is 1. The van der Waals surface area contributed by atoms with Crippen LogP contribution in [0.1, 0.15) is 0 Å². The van der Waals surface area contributed by atoms with Crippen LogP contribution in [-0.2, 0) is 7.05 Å². The van der Waals surface area contributed by atoms with Gasteiger partial charge in [-0.3, -0.25) is 4.98 Å². The number of nitrogens with zero attached hydrogens (tertiary/aromatic N) is 2. The molecule has 1 aromatic carbocycles. The number of pyridine rings is 1. The lowest BCUT2D eigenvalue weighted by Crippen LogP contribution is -1.94. The largest absolute Gasteiger partial charge is 0.397 e. The molecule has 0 amide bonds. The minimum Gasteiger partial charge on any atom is -0.397 e. The van der Waals surface area contributed by atoms with E-state index in [1.165, 1.54) is 10.9 Å². The molecule has 2 aromatic heterocycles. The molecule has 0 atom stereocenters. The molecule has 0 aliphatic heterocycles. The lowest BCUT2D eigenvalue weighted by atomic mass is 10.2. The van der Waals surface area contributed by atoms with Gasteiger partial charge >= 0.3 is 0 Å². The number of fused-ring (bicyclic) bond motifs is 1. The van der Waals surface area contributed by atoms with Crippen molar-refractivity contribution in [2.45, 2.75) is 0 Å². The highest BCUT2D eigenvalue weighted by Crippen LogP contribution is 2.28. The van der Waals surface area contributed by atoms with E-state index in [1.807, 2.05) is 25.2 Å². The summed E-state index contributed by atoms with van der Waals surface area (Å²) in [4.78, 5) is 4.37. The summed E-state index contributed by atoms with van der Waals surface area (Å²) >= 11 is 3.50. The van der Waals surface area contributed by atoms with Crippen molar-refractivity contribution >= 4 is 32.5 Å². The van der Waals surface area contributed by atoms with Gasteiger partial charge in [-0.1, -0.05) is 22.0 Å². The van der Waals surface area contributed by atoms with E-state index in [2.05, 4.69) is 43.7 Å². The molecule has 2 heterocycles. The van der Waals surface area contributed by atoms with E-state index in [0.29, 0.717) is 5.69 Å². The Kier molecular flexibility index (Phi) is 2.59. The maximum absolute atomic E-state index is 5.66. The highest BCUT2D eigenvalue weighted by atomic mass is 79.9. The van der Waals surface area contributed by atoms with E-state index < -0.39 is 0 Å². The van der Waals surface area contributed by atoms with Gasteiger partial charge in [0.15, 0.2) is 0 Å². The van der Waals surface area contributed by atoms with Crippen molar-refractivity contribution in [3.05, 3.63) is 47.1 Å². The maximum Gasteiger partial charge on any atom is 0.0868 e. The molecule has 4 heteroatoms. The topological polar surface area (TPSA) is 43.8 Å². The standard InChI is InChI=1S/C14H12BrN3/c1-18-13-7-10(15)3-2-9(13)6-14(18)12-5-4-11(16)8-17-12/h2-8H,16H2,1H3. The van der Waals surface area contributed by atoms with Crippen LogP contribution >= 0.6 is 15.9 Å². The summed E-state index contributed by atoms with van der Waals surface area (Å²) in [7, 11) is 2.04. The number of benzene rings is 1. The molecule has 0 aliphatic carbocycles. The Bertz CT molecular complexity index is 714. The van der Waals surface area contributed by atoms with Gasteiger partial charge in [0.2, 0.25) is 0 Å². The molecule has 0 saturated heterocycles. The summed E-state index contributed by atoms with van der Waals surface area (Å²) < 4.78 is 3.21. The monoisotopic (exact) mass is 301 g/mol. The molecule has 3 aromatic rings. The van der Waals surface area contributed by atoms with Gasteiger partial charge < -0.3 is 10.3 Å². The van der Waals surface area contributed by atoms with Crippen LogP contribution in [0.25, 0.3) is 22.3 Å². The van der Waals surface area contributed by atoms with Gasteiger partial charge in [0.25, 0.3) is 0 Å². The van der Waals surface area contributed by atoms with Crippen molar-refractivity contribution in [1.82, 2.24) is 9.55 Å². The lowest BCUT2D eigenvalue weighted by Gasteiger charge is -2.04. The molecule has 0 aliphatic rings. The molecule has 0 unspecified atom stereocenters. The van der Waals surface area contributed by atoms with Crippen LogP contribution in [0.5, 0.6) is 0 Å². The van der Waals surface area contributed by atoms with Crippen molar-refractivity contribution in [2.24, 2.45) is 7.05 Å². The van der Waals surface area contributed by atoms with Crippen LogP contribution in [0.3, 0.4) is 0 Å². The third-order valence-electron chi connectivity index (χ3n) is 3.06. The van der Waals surface area contributed by atoms with Crippen molar-refractivity contribution in [2.75, 3.05) is 5.73 Å². The number of aryl methyl sites for hydroxylation is 1. The lowest BCUT2D eigenvalue weighted by molar-refractivity contribution is 0.970. The Morgan fingerprint density at radius 2 is 2.00 bits per heavy atom. The molecule has 0 spiro atoms. The number of hydrogen-bond acceptors (Lipinski definition) is 2. The zero-order valence-corrected chi connectivity index (χ0v) is 11.5. The van der Waals surface area contributed by atoms with E-state index in [9.17, 15) is 0 Å². The molecule has 0 radical (unpaired) electrons. The van der Waals surface area contributed by atoms with Crippen LogP contribution in [0.15, 0.2) is 47.1 Å². The minimum absolute atomic E-state index is 0.681. The average molecular weight is 302 g/mol. The van der Waals surface area contributed by atoms with Gasteiger partial charge in [0.1, 0.15) is 0 Å². The number of halogens is 1. The Hall–Kier alpha value is -1.81. The maximum atomic E-state index is 5.66. The summed E-state index contributed by atoms with van der Waals surface area (Å²) in [6.07, 6.45) is 1.68. The smallest absolute Gasteiger partial charge is 0.0868 e. The van der Waals surface area contributed by atoms with Gasteiger partial charge in [-0.05, 0) is 30.3 Å². The quantitative estimate of drug-likeness (QED) is 0.746. The number of anilines is 1. The summed E-state index contributed by atoms with van der Waals surface area (Å²) in [5, 5.41) is 1.20. The van der Waals surface area contributed by atoms with E-state index in [0.717, 1.165) is 15.9 Å². The van der Waals surface area contributed by atoms with Crippen molar-refractivity contribution in [1.29, 1.82) is 0 Å². The SMILES string of the molecule is Cn1c(-c2ccc(N)cn2)cc2ccc(Br)cc21. The van der Waals surface area contributed by atoms with Crippen LogP contribution in [0.4, 0.5) is 5.69 Å². The van der Waals surface area contributed by atoms with Gasteiger partial charge in [0.05, 0.1) is 23.3 Å². The normalized spacial score (nSPS) is 11.0. The molecule has 0 fully saturated rings. The Balaban J connectivity index is 2.23. The first-order valence-electron chi connectivity index (χ1n) is 5.62. The Labute approximate surface area is 113 Å². The Morgan fingerprint density at radius 3 is 2.72 bits per heavy atom. The van der Waals surface area contributed by atoms with Gasteiger partial charge in [-0.2, -0.15) is 0 Å². The first-order valence-corrected chi connectivity index (χ1v) is 6.41. The second-order valence-corrected chi connectivity index (χ2v) is 5.18. The number of aromatic nitrogens is 2. The minimum atomic E-state index is 0.681. The van der Waals surface area contributed by atoms with Crippen LogP contribution in [0, 0.1) is 0 Å². The third kappa shape index (κ3) is 1.78. The first-order chi connectivity index (χ1) is 8.65. The molecule has 18 heavy (non-hydrogen) atoms. The summed E-state index contributed by atoms with van der Waals surface area (Å²) in [6.45, 7) is 0. The zero-order chi connectivity index (χ0) is 12.7.